The molecule has 98 valence electrons. The van der Waals surface area contributed by atoms with Crippen LogP contribution in [0.25, 0.3) is 0 Å². The van der Waals surface area contributed by atoms with E-state index in [1.54, 1.807) is 24.3 Å². The van der Waals surface area contributed by atoms with Crippen LogP contribution in [0.4, 0.5) is 0 Å². The second kappa shape index (κ2) is 6.52. The first-order valence-electron chi connectivity index (χ1n) is 6.44. The highest BCUT2D eigenvalue weighted by Gasteiger charge is 2.23. The number of benzene rings is 1. The predicted molar refractivity (Wildman–Crippen MR) is 67.8 cm³/mol. The molecule has 1 aromatic rings. The van der Waals surface area contributed by atoms with Gasteiger partial charge in [-0.3, -0.25) is 5.32 Å². The van der Waals surface area contributed by atoms with Crippen LogP contribution in [0, 0.1) is 0 Å². The molecule has 4 heteroatoms. The molecule has 2 atom stereocenters. The maximum atomic E-state index is 11.8. The van der Waals surface area contributed by atoms with Gasteiger partial charge in [-0.25, -0.2) is 4.79 Å². The van der Waals surface area contributed by atoms with Crippen molar-refractivity contribution >= 4 is 5.97 Å². The minimum atomic E-state index is -1.20. The molecule has 1 unspecified atom stereocenters. The molecule has 0 bridgehead atoms. The fourth-order valence-corrected chi connectivity index (χ4v) is 2.07. The Balaban J connectivity index is 1.90. The number of esters is 1. The van der Waals surface area contributed by atoms with Gasteiger partial charge >= 0.3 is 5.97 Å². The van der Waals surface area contributed by atoms with E-state index in [1.807, 2.05) is 6.07 Å². The topological polar surface area (TPSA) is 58.6 Å². The number of ether oxygens (including phenoxy) is 1. The lowest BCUT2D eigenvalue weighted by Gasteiger charge is -2.19. The molecule has 0 aromatic heterocycles. The Morgan fingerprint density at radius 2 is 2.06 bits per heavy atom. The van der Waals surface area contributed by atoms with E-state index in [1.165, 1.54) is 0 Å². The van der Waals surface area contributed by atoms with E-state index in [2.05, 4.69) is 5.32 Å². The van der Waals surface area contributed by atoms with E-state index >= 15 is 0 Å². The minimum Gasteiger partial charge on any atom is -0.444 e. The van der Waals surface area contributed by atoms with Crippen LogP contribution in [0.3, 0.4) is 0 Å². The van der Waals surface area contributed by atoms with Crippen molar-refractivity contribution in [2.45, 2.75) is 38.0 Å². The molecule has 2 N–H and O–H groups in total. The van der Waals surface area contributed by atoms with Crippen molar-refractivity contribution in [3.63, 3.8) is 0 Å². The van der Waals surface area contributed by atoms with Gasteiger partial charge in [-0.15, -0.1) is 0 Å². The highest BCUT2D eigenvalue weighted by Crippen LogP contribution is 2.16. The largest absolute Gasteiger partial charge is 0.444 e. The van der Waals surface area contributed by atoms with Gasteiger partial charge in [0.2, 0.25) is 0 Å². The maximum absolute atomic E-state index is 11.8. The fraction of sp³-hybridized carbons (Fsp3) is 0.500. The second-order valence-corrected chi connectivity index (χ2v) is 4.54. The zero-order valence-electron chi connectivity index (χ0n) is 10.3. The van der Waals surface area contributed by atoms with Gasteiger partial charge in [-0.2, -0.15) is 0 Å². The average Bonchev–Trinajstić information content (AvgIpc) is 2.67. The van der Waals surface area contributed by atoms with Crippen LogP contribution in [0.15, 0.2) is 30.3 Å². The molecular formula is C14H19NO3. The molecule has 1 aliphatic heterocycles. The predicted octanol–water partition coefficient (Wildman–Crippen LogP) is 1.75. The van der Waals surface area contributed by atoms with Gasteiger partial charge in [-0.1, -0.05) is 36.8 Å². The SMILES string of the molecule is O=C(OC1CCCCCN1)[C@H](O)c1ccccc1. The van der Waals surface area contributed by atoms with Crippen LogP contribution >= 0.6 is 0 Å². The van der Waals surface area contributed by atoms with Gasteiger partial charge in [0.15, 0.2) is 12.3 Å². The van der Waals surface area contributed by atoms with Crippen LogP contribution in [-0.2, 0) is 9.53 Å². The minimum absolute atomic E-state index is 0.265. The number of aliphatic hydroxyl groups excluding tert-OH is 1. The van der Waals surface area contributed by atoms with Crippen molar-refractivity contribution in [2.24, 2.45) is 0 Å². The highest BCUT2D eigenvalue weighted by atomic mass is 16.6. The zero-order valence-corrected chi connectivity index (χ0v) is 10.3. The number of aliphatic hydroxyl groups is 1. The molecule has 0 radical (unpaired) electrons. The van der Waals surface area contributed by atoms with Crippen LogP contribution < -0.4 is 5.32 Å². The van der Waals surface area contributed by atoms with Crippen molar-refractivity contribution in [3.8, 4) is 0 Å². The summed E-state index contributed by atoms with van der Waals surface area (Å²) in [5.41, 5.74) is 0.566. The number of carbonyl (C=O) groups excluding carboxylic acids is 1. The molecule has 0 spiro atoms. The maximum Gasteiger partial charge on any atom is 0.341 e. The standard InChI is InChI=1S/C14H19NO3/c16-13(11-7-3-1-4-8-11)14(17)18-12-9-5-2-6-10-15-12/h1,3-4,7-8,12-13,15-16H,2,5-6,9-10H2/t12?,13-/m1/s1. The van der Waals surface area contributed by atoms with Crippen LogP contribution in [0.1, 0.15) is 37.4 Å². The Morgan fingerprint density at radius 3 is 2.83 bits per heavy atom. The molecule has 0 aliphatic carbocycles. The van der Waals surface area contributed by atoms with Crippen LogP contribution in [0.5, 0.6) is 0 Å². The summed E-state index contributed by atoms with van der Waals surface area (Å²) in [7, 11) is 0. The third kappa shape index (κ3) is 3.55. The van der Waals surface area contributed by atoms with Gasteiger partial charge in [0, 0.05) is 0 Å². The fourth-order valence-electron chi connectivity index (χ4n) is 2.07. The van der Waals surface area contributed by atoms with Crippen LogP contribution in [0.2, 0.25) is 0 Å². The Kier molecular flexibility index (Phi) is 4.73. The first-order chi connectivity index (χ1) is 8.77. The third-order valence-electron chi connectivity index (χ3n) is 3.11. The van der Waals surface area contributed by atoms with E-state index in [9.17, 15) is 9.90 Å². The zero-order chi connectivity index (χ0) is 12.8. The molecule has 1 aliphatic rings. The van der Waals surface area contributed by atoms with Crippen molar-refractivity contribution < 1.29 is 14.6 Å². The Bertz CT molecular complexity index is 372. The van der Waals surface area contributed by atoms with Gasteiger partial charge in [0.05, 0.1) is 0 Å². The summed E-state index contributed by atoms with van der Waals surface area (Å²) in [6, 6.07) is 8.85. The van der Waals surface area contributed by atoms with E-state index < -0.39 is 12.1 Å². The molecule has 1 fully saturated rings. The molecule has 0 saturated carbocycles. The average molecular weight is 249 g/mol. The molecule has 4 nitrogen and oxygen atoms in total. The number of nitrogens with one attached hydrogen (secondary N) is 1. The second-order valence-electron chi connectivity index (χ2n) is 4.54. The van der Waals surface area contributed by atoms with E-state index in [0.29, 0.717) is 5.56 Å². The summed E-state index contributed by atoms with van der Waals surface area (Å²) in [6.45, 7) is 0.860. The Hall–Kier alpha value is -1.39. The smallest absolute Gasteiger partial charge is 0.341 e. The molecule has 1 heterocycles. The summed E-state index contributed by atoms with van der Waals surface area (Å²) < 4.78 is 5.29. The highest BCUT2D eigenvalue weighted by molar-refractivity contribution is 5.76. The quantitative estimate of drug-likeness (QED) is 0.801. The Morgan fingerprint density at radius 1 is 1.28 bits per heavy atom. The van der Waals surface area contributed by atoms with Crippen molar-refractivity contribution in [2.75, 3.05) is 6.54 Å². The first kappa shape index (κ1) is 13.1. The van der Waals surface area contributed by atoms with Crippen LogP contribution in [-0.4, -0.2) is 23.8 Å². The molecule has 2 rings (SSSR count). The van der Waals surface area contributed by atoms with E-state index in [4.69, 9.17) is 4.74 Å². The summed E-state index contributed by atoms with van der Waals surface area (Å²) >= 11 is 0. The van der Waals surface area contributed by atoms with Gasteiger partial charge in [-0.05, 0) is 31.4 Å². The third-order valence-corrected chi connectivity index (χ3v) is 3.11. The number of hydrogen-bond acceptors (Lipinski definition) is 4. The number of rotatable bonds is 3. The lowest BCUT2D eigenvalue weighted by molar-refractivity contribution is -0.161. The van der Waals surface area contributed by atoms with Crippen molar-refractivity contribution in [3.05, 3.63) is 35.9 Å². The summed E-state index contributed by atoms with van der Waals surface area (Å²) in [5, 5.41) is 13.1. The molecule has 1 aromatic carbocycles. The van der Waals surface area contributed by atoms with Gasteiger partial charge in [0.1, 0.15) is 0 Å². The molecular weight excluding hydrogens is 230 g/mol. The molecule has 1 saturated heterocycles. The van der Waals surface area contributed by atoms with E-state index in [-0.39, 0.29) is 6.23 Å². The summed E-state index contributed by atoms with van der Waals surface area (Å²) in [5.74, 6) is -0.583. The number of carbonyl (C=O) groups is 1. The summed E-state index contributed by atoms with van der Waals surface area (Å²) in [4.78, 5) is 11.8. The number of hydrogen-bond donors (Lipinski definition) is 2. The van der Waals surface area contributed by atoms with Crippen molar-refractivity contribution in [1.82, 2.24) is 5.32 Å². The lowest BCUT2D eigenvalue weighted by Crippen LogP contribution is -2.34. The molecule has 18 heavy (non-hydrogen) atoms. The van der Waals surface area contributed by atoms with Gasteiger partial charge < -0.3 is 9.84 Å². The Labute approximate surface area is 107 Å². The monoisotopic (exact) mass is 249 g/mol. The van der Waals surface area contributed by atoms with Gasteiger partial charge in [0.25, 0.3) is 0 Å². The van der Waals surface area contributed by atoms with E-state index in [0.717, 1.165) is 32.2 Å². The normalized spacial score (nSPS) is 21.9. The first-order valence-corrected chi connectivity index (χ1v) is 6.44. The van der Waals surface area contributed by atoms with Crippen molar-refractivity contribution in [1.29, 1.82) is 0 Å². The molecule has 0 amide bonds. The lowest BCUT2D eigenvalue weighted by atomic mass is 10.1. The summed E-state index contributed by atoms with van der Waals surface area (Å²) in [6.07, 6.45) is 2.66.